The van der Waals surface area contributed by atoms with Gasteiger partial charge in [-0.3, -0.25) is 13.9 Å². The van der Waals surface area contributed by atoms with Crippen molar-refractivity contribution in [1.82, 2.24) is 10.2 Å². The molecular weight excluding hydrogens is 642 g/mol. The molecule has 0 heterocycles. The van der Waals surface area contributed by atoms with Crippen LogP contribution in [0.4, 0.5) is 5.69 Å². The van der Waals surface area contributed by atoms with Crippen LogP contribution in [0.2, 0.25) is 0 Å². The highest BCUT2D eigenvalue weighted by Gasteiger charge is 2.34. The van der Waals surface area contributed by atoms with E-state index in [0.29, 0.717) is 18.0 Å². The highest BCUT2D eigenvalue weighted by Crippen LogP contribution is 2.37. The monoisotopic (exact) mass is 677 g/mol. The summed E-state index contributed by atoms with van der Waals surface area (Å²) in [5, 5.41) is 2.74. The Morgan fingerprint density at radius 1 is 0.884 bits per heavy atom. The van der Waals surface area contributed by atoms with E-state index >= 15 is 0 Å². The van der Waals surface area contributed by atoms with Crippen molar-refractivity contribution in [2.24, 2.45) is 0 Å². The molecule has 0 fully saturated rings. The Hall–Kier alpha value is -3.97. The van der Waals surface area contributed by atoms with Crippen molar-refractivity contribution >= 4 is 43.5 Å². The normalized spacial score (nSPS) is 11.7. The highest BCUT2D eigenvalue weighted by molar-refractivity contribution is 9.10. The lowest BCUT2D eigenvalue weighted by Crippen LogP contribution is -2.51. The van der Waals surface area contributed by atoms with E-state index in [9.17, 15) is 18.0 Å². The Morgan fingerprint density at radius 2 is 1.56 bits per heavy atom. The van der Waals surface area contributed by atoms with Gasteiger partial charge in [-0.2, -0.15) is 0 Å². The first-order valence-electron chi connectivity index (χ1n) is 13.3. The molecule has 3 aromatic rings. The van der Waals surface area contributed by atoms with E-state index in [1.807, 2.05) is 24.3 Å². The molecule has 0 aromatic heterocycles. The van der Waals surface area contributed by atoms with Gasteiger partial charge >= 0.3 is 0 Å². The van der Waals surface area contributed by atoms with Gasteiger partial charge in [-0.05, 0) is 55.8 Å². The van der Waals surface area contributed by atoms with Crippen LogP contribution in [-0.2, 0) is 26.2 Å². The molecule has 0 saturated heterocycles. The second kappa shape index (κ2) is 15.0. The van der Waals surface area contributed by atoms with E-state index in [1.54, 1.807) is 26.0 Å². The van der Waals surface area contributed by atoms with Gasteiger partial charge in [0.05, 0.1) is 39.0 Å². The van der Waals surface area contributed by atoms with Crippen molar-refractivity contribution in [2.75, 3.05) is 45.8 Å². The van der Waals surface area contributed by atoms with Crippen LogP contribution in [0.5, 0.6) is 23.0 Å². The topological polar surface area (TPSA) is 124 Å². The maximum atomic E-state index is 14.3. The molecule has 0 saturated carbocycles. The number of halogens is 1. The minimum atomic E-state index is -4.43. The predicted octanol–water partition coefficient (Wildman–Crippen LogP) is 4.23. The quantitative estimate of drug-likeness (QED) is 0.269. The minimum absolute atomic E-state index is 0.0517. The first-order valence-corrected chi connectivity index (χ1v) is 15.5. The Labute approximate surface area is 260 Å². The van der Waals surface area contributed by atoms with Crippen molar-refractivity contribution in [1.29, 1.82) is 0 Å². The minimum Gasteiger partial charge on any atom is -0.497 e. The zero-order valence-electron chi connectivity index (χ0n) is 24.9. The number of ether oxygens (including phenoxy) is 4. The number of anilines is 1. The fraction of sp³-hybridized carbons (Fsp3) is 0.333. The third-order valence-electron chi connectivity index (χ3n) is 6.64. The predicted molar refractivity (Wildman–Crippen MR) is 166 cm³/mol. The zero-order chi connectivity index (χ0) is 31.7. The molecule has 11 nitrogen and oxygen atoms in total. The van der Waals surface area contributed by atoms with E-state index in [1.165, 1.54) is 57.6 Å². The van der Waals surface area contributed by atoms with Crippen LogP contribution >= 0.6 is 15.9 Å². The summed E-state index contributed by atoms with van der Waals surface area (Å²) in [6.07, 6.45) is 0. The Kier molecular flexibility index (Phi) is 11.7. The summed E-state index contributed by atoms with van der Waals surface area (Å²) in [6.45, 7) is 3.13. The number of hydrogen-bond acceptors (Lipinski definition) is 8. The van der Waals surface area contributed by atoms with Crippen molar-refractivity contribution in [3.63, 3.8) is 0 Å². The third kappa shape index (κ3) is 7.90. The number of carbonyl (C=O) groups is 2. The van der Waals surface area contributed by atoms with Gasteiger partial charge in [0.1, 0.15) is 24.1 Å². The molecule has 1 N–H and O–H groups in total. The molecule has 0 bridgehead atoms. The van der Waals surface area contributed by atoms with Gasteiger partial charge in [0.15, 0.2) is 11.5 Å². The number of likely N-dealkylation sites (N-methyl/N-ethyl adjacent to an activating group) is 1. The largest absolute Gasteiger partial charge is 0.497 e. The van der Waals surface area contributed by atoms with Gasteiger partial charge in [-0.1, -0.05) is 28.1 Å². The molecule has 0 aliphatic heterocycles. The molecule has 43 heavy (non-hydrogen) atoms. The summed E-state index contributed by atoms with van der Waals surface area (Å²) in [5.74, 6) is 0.0600. The van der Waals surface area contributed by atoms with E-state index in [2.05, 4.69) is 21.2 Å². The number of nitrogens with one attached hydrogen (secondary N) is 1. The lowest BCUT2D eigenvalue weighted by Gasteiger charge is -2.32. The Balaban J connectivity index is 2.17. The SMILES string of the molecule is CCNC(=O)C(C)N(Cc1cccc(Br)c1)C(=O)CN(c1cc(OC)ccc1OC)S(=O)(=O)c1ccc(OC)c(OC)c1. The maximum absolute atomic E-state index is 14.3. The van der Waals surface area contributed by atoms with E-state index in [-0.39, 0.29) is 34.5 Å². The second-order valence-electron chi connectivity index (χ2n) is 9.29. The van der Waals surface area contributed by atoms with Crippen LogP contribution in [0.15, 0.2) is 70.0 Å². The first kappa shape index (κ1) is 33.5. The van der Waals surface area contributed by atoms with Gasteiger partial charge in [0.2, 0.25) is 11.8 Å². The van der Waals surface area contributed by atoms with Gasteiger partial charge in [0, 0.05) is 29.7 Å². The molecule has 13 heteroatoms. The van der Waals surface area contributed by atoms with Crippen molar-refractivity contribution < 1.29 is 37.0 Å². The molecule has 1 unspecified atom stereocenters. The summed E-state index contributed by atoms with van der Waals surface area (Å²) < 4.78 is 51.8. The number of nitrogens with zero attached hydrogens (tertiary/aromatic N) is 2. The number of carbonyl (C=O) groups excluding carboxylic acids is 2. The summed E-state index contributed by atoms with van der Waals surface area (Å²) >= 11 is 3.44. The molecule has 1 atom stereocenters. The van der Waals surface area contributed by atoms with Crippen LogP contribution in [0.1, 0.15) is 19.4 Å². The summed E-state index contributed by atoms with van der Waals surface area (Å²) in [7, 11) is 1.24. The van der Waals surface area contributed by atoms with Crippen LogP contribution < -0.4 is 28.6 Å². The molecular formula is C30H36BrN3O8S. The Morgan fingerprint density at radius 3 is 2.16 bits per heavy atom. The molecule has 3 aromatic carbocycles. The molecule has 0 aliphatic rings. The second-order valence-corrected chi connectivity index (χ2v) is 12.1. The summed E-state index contributed by atoms with van der Waals surface area (Å²) in [4.78, 5) is 28.2. The fourth-order valence-electron chi connectivity index (χ4n) is 4.35. The number of hydrogen-bond donors (Lipinski definition) is 1. The van der Waals surface area contributed by atoms with Gasteiger partial charge in [-0.15, -0.1) is 0 Å². The van der Waals surface area contributed by atoms with Gasteiger partial charge in [-0.25, -0.2) is 8.42 Å². The number of benzene rings is 3. The van der Waals surface area contributed by atoms with Crippen molar-refractivity contribution in [3.05, 3.63) is 70.7 Å². The van der Waals surface area contributed by atoms with Gasteiger partial charge in [0.25, 0.3) is 10.0 Å². The van der Waals surface area contributed by atoms with Crippen LogP contribution in [-0.4, -0.2) is 72.7 Å². The van der Waals surface area contributed by atoms with Gasteiger partial charge < -0.3 is 29.2 Å². The van der Waals surface area contributed by atoms with Crippen molar-refractivity contribution in [2.45, 2.75) is 31.3 Å². The number of sulfonamides is 1. The highest BCUT2D eigenvalue weighted by atomic mass is 79.9. The molecule has 2 amide bonds. The standard InChI is InChI=1S/C30H36BrN3O8S/c1-7-32-30(36)20(2)33(18-21-9-8-10-22(31)15-21)29(35)19-34(25-16-23(39-3)11-13-26(25)40-4)43(37,38)24-12-14-27(41-5)28(17-24)42-6/h8-17,20H,7,18-19H2,1-6H3,(H,32,36). The summed E-state index contributed by atoms with van der Waals surface area (Å²) in [6, 6.07) is 15.2. The number of methoxy groups -OCH3 is 4. The molecule has 0 radical (unpaired) electrons. The summed E-state index contributed by atoms with van der Waals surface area (Å²) in [5.41, 5.74) is 0.810. The average Bonchev–Trinajstić information content (AvgIpc) is 3.01. The lowest BCUT2D eigenvalue weighted by molar-refractivity contribution is -0.139. The third-order valence-corrected chi connectivity index (χ3v) is 8.89. The smallest absolute Gasteiger partial charge is 0.265 e. The van der Waals surface area contributed by atoms with E-state index in [0.717, 1.165) is 14.3 Å². The Bertz CT molecular complexity index is 1550. The first-order chi connectivity index (χ1) is 20.5. The molecule has 0 spiro atoms. The fourth-order valence-corrected chi connectivity index (χ4v) is 6.22. The average molecular weight is 679 g/mol. The van der Waals surface area contributed by atoms with Crippen LogP contribution in [0.25, 0.3) is 0 Å². The number of amides is 2. The zero-order valence-corrected chi connectivity index (χ0v) is 27.3. The maximum Gasteiger partial charge on any atom is 0.265 e. The number of rotatable bonds is 14. The van der Waals surface area contributed by atoms with E-state index in [4.69, 9.17) is 18.9 Å². The van der Waals surface area contributed by atoms with Crippen LogP contribution in [0, 0.1) is 0 Å². The molecule has 232 valence electrons. The van der Waals surface area contributed by atoms with Crippen LogP contribution in [0.3, 0.4) is 0 Å². The lowest BCUT2D eigenvalue weighted by atomic mass is 10.1. The van der Waals surface area contributed by atoms with E-state index < -0.39 is 28.5 Å². The molecule has 3 rings (SSSR count). The van der Waals surface area contributed by atoms with Crippen molar-refractivity contribution in [3.8, 4) is 23.0 Å². The molecule has 0 aliphatic carbocycles.